The van der Waals surface area contributed by atoms with Gasteiger partial charge in [0, 0.05) is 10.0 Å². The van der Waals surface area contributed by atoms with E-state index in [9.17, 15) is 9.90 Å². The van der Waals surface area contributed by atoms with Crippen molar-refractivity contribution in [1.29, 1.82) is 0 Å². The zero-order chi connectivity index (χ0) is 19.3. The maximum atomic E-state index is 12.0. The van der Waals surface area contributed by atoms with Crippen molar-refractivity contribution in [3.63, 3.8) is 0 Å². The van der Waals surface area contributed by atoms with Crippen molar-refractivity contribution in [3.8, 4) is 11.5 Å². The summed E-state index contributed by atoms with van der Waals surface area (Å²) in [6.45, 7) is 6.00. The number of aromatic hydroxyl groups is 1. The highest BCUT2D eigenvalue weighted by Crippen LogP contribution is 2.28. The first kappa shape index (κ1) is 20.7. The molecular formula is C19H20BrIN2O3. The second-order valence-corrected chi connectivity index (χ2v) is 8.18. The molecule has 1 amide bonds. The second-order valence-electron chi connectivity index (χ2n) is 6.10. The Morgan fingerprint density at radius 1 is 1.38 bits per heavy atom. The van der Waals surface area contributed by atoms with Crippen molar-refractivity contribution in [2.24, 2.45) is 5.10 Å². The van der Waals surface area contributed by atoms with Crippen LogP contribution in [-0.4, -0.2) is 23.8 Å². The van der Waals surface area contributed by atoms with Crippen LogP contribution in [0.5, 0.6) is 11.5 Å². The molecule has 2 N–H and O–H groups in total. The van der Waals surface area contributed by atoms with E-state index in [1.807, 2.05) is 47.7 Å². The minimum Gasteiger partial charge on any atom is -0.506 e. The van der Waals surface area contributed by atoms with Gasteiger partial charge in [0.05, 0.1) is 9.78 Å². The van der Waals surface area contributed by atoms with Crippen molar-refractivity contribution >= 4 is 50.6 Å². The molecule has 0 heterocycles. The van der Waals surface area contributed by atoms with Gasteiger partial charge < -0.3 is 9.84 Å². The molecule has 2 aromatic carbocycles. The summed E-state index contributed by atoms with van der Waals surface area (Å²) in [5.74, 6) is 0.748. The first-order valence-corrected chi connectivity index (χ1v) is 9.88. The van der Waals surface area contributed by atoms with Gasteiger partial charge in [-0.15, -0.1) is 0 Å². The number of nitrogens with one attached hydrogen (secondary N) is 1. The molecule has 0 aliphatic rings. The molecule has 26 heavy (non-hydrogen) atoms. The van der Waals surface area contributed by atoms with E-state index in [-0.39, 0.29) is 18.3 Å². The molecule has 0 saturated carbocycles. The molecule has 0 fully saturated rings. The Kier molecular flexibility index (Phi) is 7.45. The number of benzene rings is 2. The average Bonchev–Trinajstić information content (AvgIpc) is 2.57. The average molecular weight is 531 g/mol. The number of carbonyl (C=O) groups excluding carboxylic acids is 1. The molecule has 0 aliphatic heterocycles. The van der Waals surface area contributed by atoms with Gasteiger partial charge in [-0.2, -0.15) is 5.10 Å². The van der Waals surface area contributed by atoms with Gasteiger partial charge in [-0.05, 0) is 64.8 Å². The number of hydrogen-bond donors (Lipinski definition) is 2. The molecule has 0 aliphatic carbocycles. The van der Waals surface area contributed by atoms with Gasteiger partial charge in [0.2, 0.25) is 0 Å². The van der Waals surface area contributed by atoms with Crippen LogP contribution in [0.1, 0.15) is 36.5 Å². The van der Waals surface area contributed by atoms with Crippen LogP contribution >= 0.6 is 38.5 Å². The standard InChI is InChI=1S/C19H20BrIN2O3/c1-11(2)15-5-4-12(3)6-17(15)26-10-18(24)23-22-9-13-7-14(20)8-16(21)19(13)25/h4-9,11,25H,10H2,1-3H3,(H,23,24)/b22-9-. The lowest BCUT2D eigenvalue weighted by Crippen LogP contribution is -2.25. The number of rotatable bonds is 6. The zero-order valence-corrected chi connectivity index (χ0v) is 18.5. The third kappa shape index (κ3) is 5.70. The Labute approximate surface area is 175 Å². The van der Waals surface area contributed by atoms with Crippen LogP contribution in [0.15, 0.2) is 39.9 Å². The number of halogens is 2. The summed E-state index contributed by atoms with van der Waals surface area (Å²) in [6.07, 6.45) is 1.40. The van der Waals surface area contributed by atoms with Crippen molar-refractivity contribution in [2.45, 2.75) is 26.7 Å². The number of hydrogen-bond acceptors (Lipinski definition) is 4. The molecular weight excluding hydrogens is 511 g/mol. The molecule has 5 nitrogen and oxygen atoms in total. The SMILES string of the molecule is Cc1ccc(C(C)C)c(OCC(=O)N/N=C\c2cc(Br)cc(I)c2O)c1. The van der Waals surface area contributed by atoms with Crippen molar-refractivity contribution in [1.82, 2.24) is 5.43 Å². The van der Waals surface area contributed by atoms with E-state index in [2.05, 4.69) is 40.3 Å². The predicted molar refractivity (Wildman–Crippen MR) is 115 cm³/mol. The molecule has 0 radical (unpaired) electrons. The van der Waals surface area contributed by atoms with E-state index in [1.165, 1.54) is 6.21 Å². The van der Waals surface area contributed by atoms with Crippen LogP contribution in [0.2, 0.25) is 0 Å². The lowest BCUT2D eigenvalue weighted by molar-refractivity contribution is -0.123. The molecule has 7 heteroatoms. The number of ether oxygens (including phenoxy) is 1. The van der Waals surface area contributed by atoms with Crippen molar-refractivity contribution in [2.75, 3.05) is 6.61 Å². The number of carbonyl (C=O) groups is 1. The van der Waals surface area contributed by atoms with E-state index in [1.54, 1.807) is 12.1 Å². The van der Waals surface area contributed by atoms with Gasteiger partial charge >= 0.3 is 0 Å². The summed E-state index contributed by atoms with van der Waals surface area (Å²) in [5.41, 5.74) is 5.04. The van der Waals surface area contributed by atoms with Crippen LogP contribution in [0.3, 0.4) is 0 Å². The number of aryl methyl sites for hydroxylation is 1. The number of phenolic OH excluding ortho intramolecular Hbond substituents is 1. The molecule has 0 atom stereocenters. The van der Waals surface area contributed by atoms with Gasteiger partial charge in [0.15, 0.2) is 6.61 Å². The minimum absolute atomic E-state index is 0.115. The monoisotopic (exact) mass is 530 g/mol. The Balaban J connectivity index is 1.97. The quantitative estimate of drug-likeness (QED) is 0.322. The van der Waals surface area contributed by atoms with Gasteiger partial charge in [0.25, 0.3) is 5.91 Å². The molecule has 0 aromatic heterocycles. The first-order chi connectivity index (χ1) is 12.3. The molecule has 0 bridgehead atoms. The zero-order valence-electron chi connectivity index (χ0n) is 14.7. The van der Waals surface area contributed by atoms with E-state index >= 15 is 0 Å². The topological polar surface area (TPSA) is 70.9 Å². The third-order valence-corrected chi connectivity index (χ3v) is 4.88. The number of amides is 1. The predicted octanol–water partition coefficient (Wildman–Crippen LogP) is 4.72. The largest absolute Gasteiger partial charge is 0.506 e. The van der Waals surface area contributed by atoms with Crippen molar-refractivity contribution < 1.29 is 14.6 Å². The Morgan fingerprint density at radius 2 is 2.12 bits per heavy atom. The third-order valence-electron chi connectivity index (χ3n) is 3.60. The fraction of sp³-hybridized carbons (Fsp3) is 0.263. The number of phenols is 1. The smallest absolute Gasteiger partial charge is 0.277 e. The molecule has 0 unspecified atom stereocenters. The molecule has 0 spiro atoms. The van der Waals surface area contributed by atoms with Crippen molar-refractivity contribution in [3.05, 3.63) is 55.1 Å². The number of hydrazone groups is 1. The fourth-order valence-electron chi connectivity index (χ4n) is 2.28. The number of nitrogens with zero attached hydrogens (tertiary/aromatic N) is 1. The second kappa shape index (κ2) is 9.36. The summed E-state index contributed by atoms with van der Waals surface area (Å²) in [4.78, 5) is 12.0. The molecule has 138 valence electrons. The normalized spacial score (nSPS) is 11.2. The van der Waals surface area contributed by atoms with Crippen LogP contribution < -0.4 is 10.2 Å². The molecule has 2 aromatic rings. The summed E-state index contributed by atoms with van der Waals surface area (Å²) in [6, 6.07) is 9.47. The van der Waals surface area contributed by atoms with Gasteiger partial charge in [-0.3, -0.25) is 4.79 Å². The fourth-order valence-corrected chi connectivity index (χ4v) is 3.83. The van der Waals surface area contributed by atoms with Gasteiger partial charge in [-0.1, -0.05) is 41.9 Å². The molecule has 0 saturated heterocycles. The lowest BCUT2D eigenvalue weighted by atomic mass is 10.0. The lowest BCUT2D eigenvalue weighted by Gasteiger charge is -2.14. The Morgan fingerprint density at radius 3 is 2.81 bits per heavy atom. The first-order valence-electron chi connectivity index (χ1n) is 8.01. The highest BCUT2D eigenvalue weighted by Gasteiger charge is 2.10. The van der Waals surface area contributed by atoms with Crippen LogP contribution in [-0.2, 0) is 4.79 Å². The summed E-state index contributed by atoms with van der Waals surface area (Å²) in [7, 11) is 0. The van der Waals surface area contributed by atoms with Crippen LogP contribution in [0.4, 0.5) is 0 Å². The highest BCUT2D eigenvalue weighted by molar-refractivity contribution is 14.1. The van der Waals surface area contributed by atoms with E-state index in [4.69, 9.17) is 4.74 Å². The maximum absolute atomic E-state index is 12.0. The van der Waals surface area contributed by atoms with E-state index in [0.29, 0.717) is 20.8 Å². The Bertz CT molecular complexity index is 838. The molecule has 2 rings (SSSR count). The minimum atomic E-state index is -0.373. The van der Waals surface area contributed by atoms with Gasteiger partial charge in [0.1, 0.15) is 11.5 Å². The Hall–Kier alpha value is -1.61. The van der Waals surface area contributed by atoms with Crippen LogP contribution in [0, 0.1) is 10.5 Å². The maximum Gasteiger partial charge on any atom is 0.277 e. The summed E-state index contributed by atoms with van der Waals surface area (Å²) in [5, 5.41) is 13.9. The summed E-state index contributed by atoms with van der Waals surface area (Å²) >= 11 is 5.38. The van der Waals surface area contributed by atoms with Gasteiger partial charge in [-0.25, -0.2) is 5.43 Å². The van der Waals surface area contributed by atoms with E-state index in [0.717, 1.165) is 15.6 Å². The van der Waals surface area contributed by atoms with E-state index < -0.39 is 0 Å². The summed E-state index contributed by atoms with van der Waals surface area (Å²) < 4.78 is 7.17. The van der Waals surface area contributed by atoms with Crippen LogP contribution in [0.25, 0.3) is 0 Å². The highest BCUT2D eigenvalue weighted by atomic mass is 127.